The number of aliphatic imine (C=N–C) groups is 1. The Bertz CT molecular complexity index is 92.4. The molecule has 0 aromatic heterocycles. The molecule has 1 rings (SSSR count). The Morgan fingerprint density at radius 2 is 2.75 bits per heavy atom. The number of halogens is 1. The average Bonchev–Trinajstić information content (AvgIpc) is 2.19. The lowest BCUT2D eigenvalue weighted by molar-refractivity contribution is 0.409. The third kappa shape index (κ3) is 1.18. The molecule has 0 aromatic rings. The fourth-order valence-corrected chi connectivity index (χ4v) is 0.544. The van der Waals surface area contributed by atoms with Crippen LogP contribution in [0.5, 0.6) is 0 Å². The van der Waals surface area contributed by atoms with E-state index in [9.17, 15) is 4.39 Å². The van der Waals surface area contributed by atoms with Crippen molar-refractivity contribution in [3.63, 3.8) is 0 Å². The van der Waals surface area contributed by atoms with Crippen LogP contribution in [-0.2, 0) is 0 Å². The zero-order chi connectivity index (χ0) is 5.82. The van der Waals surface area contributed by atoms with Crippen LogP contribution in [0.15, 0.2) is 4.99 Å². The van der Waals surface area contributed by atoms with E-state index in [0.29, 0.717) is 13.1 Å². The molecule has 0 atom stereocenters. The first-order chi connectivity index (χ1) is 3.93. The highest BCUT2D eigenvalue weighted by molar-refractivity contribution is 5.58. The van der Waals surface area contributed by atoms with Gasteiger partial charge in [0.05, 0.1) is 13.1 Å². The third-order valence-electron chi connectivity index (χ3n) is 0.918. The SMILES string of the molecule is FCCN1[C]=NC[CH]1. The highest BCUT2D eigenvalue weighted by atomic mass is 19.1. The fraction of sp³-hybridized carbons (Fsp3) is 0.600. The fourth-order valence-electron chi connectivity index (χ4n) is 0.544. The zero-order valence-electron chi connectivity index (χ0n) is 4.47. The smallest absolute Gasteiger partial charge is 0.167 e. The van der Waals surface area contributed by atoms with Crippen LogP contribution >= 0.6 is 0 Å². The van der Waals surface area contributed by atoms with E-state index in [-0.39, 0.29) is 6.67 Å². The van der Waals surface area contributed by atoms with Gasteiger partial charge >= 0.3 is 0 Å². The van der Waals surface area contributed by atoms with Gasteiger partial charge in [-0.1, -0.05) is 0 Å². The Balaban J connectivity index is 2.16. The van der Waals surface area contributed by atoms with Crippen LogP contribution in [0, 0.1) is 6.54 Å². The van der Waals surface area contributed by atoms with Crippen molar-refractivity contribution >= 4 is 6.34 Å². The largest absolute Gasteiger partial charge is 0.344 e. The quantitative estimate of drug-likeness (QED) is 0.505. The summed E-state index contributed by atoms with van der Waals surface area (Å²) in [6, 6.07) is 0. The van der Waals surface area contributed by atoms with Crippen molar-refractivity contribution < 1.29 is 4.39 Å². The molecule has 1 aliphatic heterocycles. The van der Waals surface area contributed by atoms with Crippen LogP contribution in [0.2, 0.25) is 0 Å². The maximum Gasteiger partial charge on any atom is 0.167 e. The van der Waals surface area contributed by atoms with Gasteiger partial charge in [0.15, 0.2) is 6.34 Å². The van der Waals surface area contributed by atoms with Crippen molar-refractivity contribution in [1.29, 1.82) is 0 Å². The molecule has 2 nitrogen and oxygen atoms in total. The van der Waals surface area contributed by atoms with Crippen LogP contribution in [0.3, 0.4) is 0 Å². The minimum Gasteiger partial charge on any atom is -0.344 e. The van der Waals surface area contributed by atoms with E-state index in [2.05, 4.69) is 11.3 Å². The molecule has 0 saturated heterocycles. The monoisotopic (exact) mass is 114 g/mol. The van der Waals surface area contributed by atoms with Gasteiger partial charge in [0.25, 0.3) is 0 Å². The first-order valence-electron chi connectivity index (χ1n) is 2.51. The highest BCUT2D eigenvalue weighted by Gasteiger charge is 2.04. The minimum atomic E-state index is -0.334. The molecule has 1 heterocycles. The predicted octanol–water partition coefficient (Wildman–Crippen LogP) is 0.339. The van der Waals surface area contributed by atoms with E-state index >= 15 is 0 Å². The Labute approximate surface area is 48.0 Å². The minimum absolute atomic E-state index is 0.334. The van der Waals surface area contributed by atoms with E-state index in [1.165, 1.54) is 0 Å². The van der Waals surface area contributed by atoms with Crippen LogP contribution in [-0.4, -0.2) is 31.0 Å². The van der Waals surface area contributed by atoms with Gasteiger partial charge in [0, 0.05) is 6.54 Å². The van der Waals surface area contributed by atoms with Gasteiger partial charge in [-0.05, 0) is 0 Å². The maximum atomic E-state index is 11.5. The molecule has 0 fully saturated rings. The lowest BCUT2D eigenvalue weighted by Gasteiger charge is -2.06. The topological polar surface area (TPSA) is 15.6 Å². The summed E-state index contributed by atoms with van der Waals surface area (Å²) in [5, 5.41) is 0. The summed E-state index contributed by atoms with van der Waals surface area (Å²) >= 11 is 0. The van der Waals surface area contributed by atoms with Crippen LogP contribution < -0.4 is 0 Å². The summed E-state index contributed by atoms with van der Waals surface area (Å²) < 4.78 is 11.5. The first kappa shape index (κ1) is 5.54. The van der Waals surface area contributed by atoms with Gasteiger partial charge < -0.3 is 4.90 Å². The first-order valence-corrected chi connectivity index (χ1v) is 2.51. The molecule has 2 radical (unpaired) electrons. The predicted molar refractivity (Wildman–Crippen MR) is 29.3 cm³/mol. The second kappa shape index (κ2) is 2.64. The number of alkyl halides is 1. The number of hydrogen-bond donors (Lipinski definition) is 0. The van der Waals surface area contributed by atoms with Gasteiger partial charge in [0.1, 0.15) is 6.67 Å². The van der Waals surface area contributed by atoms with E-state index in [4.69, 9.17) is 0 Å². The lowest BCUT2D eigenvalue weighted by atomic mass is 10.6. The van der Waals surface area contributed by atoms with Crippen LogP contribution in [0.4, 0.5) is 4.39 Å². The molecule has 0 unspecified atom stereocenters. The van der Waals surface area contributed by atoms with Crippen molar-refractivity contribution in [3.8, 4) is 0 Å². The second-order valence-corrected chi connectivity index (χ2v) is 1.51. The summed E-state index contributed by atoms with van der Waals surface area (Å²) in [5.74, 6) is 0. The van der Waals surface area contributed by atoms with E-state index in [0.717, 1.165) is 0 Å². The Morgan fingerprint density at radius 3 is 3.25 bits per heavy atom. The van der Waals surface area contributed by atoms with Gasteiger partial charge in [-0.25, -0.2) is 4.39 Å². The van der Waals surface area contributed by atoms with Crippen molar-refractivity contribution in [2.24, 2.45) is 4.99 Å². The molecular weight excluding hydrogens is 107 g/mol. The molecule has 0 aliphatic carbocycles. The van der Waals surface area contributed by atoms with E-state index in [1.807, 2.05) is 0 Å². The lowest BCUT2D eigenvalue weighted by Crippen LogP contribution is -2.17. The summed E-state index contributed by atoms with van der Waals surface area (Å²) in [7, 11) is 0. The molecular formula is C5H7FN2. The Kier molecular flexibility index (Phi) is 1.83. The second-order valence-electron chi connectivity index (χ2n) is 1.51. The molecule has 0 N–H and O–H groups in total. The van der Waals surface area contributed by atoms with Crippen molar-refractivity contribution in [1.82, 2.24) is 4.90 Å². The van der Waals surface area contributed by atoms with Gasteiger partial charge in [-0.3, -0.25) is 4.99 Å². The maximum absolute atomic E-state index is 11.5. The van der Waals surface area contributed by atoms with Crippen LogP contribution in [0.1, 0.15) is 0 Å². The summed E-state index contributed by atoms with van der Waals surface area (Å²) in [6.07, 6.45) is 2.62. The highest BCUT2D eigenvalue weighted by Crippen LogP contribution is 1.96. The number of nitrogens with zero attached hydrogens (tertiary/aromatic N) is 2. The molecule has 8 heavy (non-hydrogen) atoms. The third-order valence-corrected chi connectivity index (χ3v) is 0.918. The molecule has 0 saturated carbocycles. The molecule has 44 valence electrons. The van der Waals surface area contributed by atoms with Crippen molar-refractivity contribution in [2.45, 2.75) is 0 Å². The summed E-state index contributed by atoms with van der Waals surface area (Å²) in [4.78, 5) is 5.36. The molecule has 0 spiro atoms. The Morgan fingerprint density at radius 1 is 1.88 bits per heavy atom. The molecule has 0 amide bonds. The Hall–Kier alpha value is -0.600. The van der Waals surface area contributed by atoms with Gasteiger partial charge in [0.2, 0.25) is 0 Å². The zero-order valence-corrected chi connectivity index (χ0v) is 4.47. The van der Waals surface area contributed by atoms with Gasteiger partial charge in [-0.2, -0.15) is 0 Å². The molecule has 3 heteroatoms. The summed E-state index contributed by atoms with van der Waals surface area (Å²) in [6.45, 7) is 2.52. The van der Waals surface area contributed by atoms with Crippen LogP contribution in [0.25, 0.3) is 0 Å². The van der Waals surface area contributed by atoms with E-state index in [1.54, 1.807) is 11.4 Å². The number of rotatable bonds is 2. The molecule has 0 aromatic carbocycles. The van der Waals surface area contributed by atoms with Crippen molar-refractivity contribution in [2.75, 3.05) is 19.8 Å². The van der Waals surface area contributed by atoms with Gasteiger partial charge in [-0.15, -0.1) is 0 Å². The summed E-state index contributed by atoms with van der Waals surface area (Å²) in [5.41, 5.74) is 0. The standard InChI is InChI=1S/C5H7FN2/c6-1-3-8-4-2-7-5-8/h4H,1-3H2. The average molecular weight is 114 g/mol. The van der Waals surface area contributed by atoms with E-state index < -0.39 is 0 Å². The molecule has 1 aliphatic rings. The normalized spacial score (nSPS) is 17.9. The molecule has 0 bridgehead atoms. The number of hydrogen-bond acceptors (Lipinski definition) is 2. The van der Waals surface area contributed by atoms with Crippen molar-refractivity contribution in [3.05, 3.63) is 6.54 Å².